The number of hydrogen-bond acceptors (Lipinski definition) is 3. The zero-order valence-corrected chi connectivity index (χ0v) is 13.7. The molecular weight excluding hydrogens is 312 g/mol. The molecule has 1 amide bonds. The second kappa shape index (κ2) is 7.11. The highest BCUT2D eigenvalue weighted by molar-refractivity contribution is 7.95. The summed E-state index contributed by atoms with van der Waals surface area (Å²) in [6, 6.07) is 14.3. The zero-order valence-electron chi connectivity index (χ0n) is 12.9. The van der Waals surface area contributed by atoms with Gasteiger partial charge in [-0.25, -0.2) is 8.42 Å². The van der Waals surface area contributed by atoms with Crippen LogP contribution in [0.2, 0.25) is 0 Å². The van der Waals surface area contributed by atoms with Crippen LogP contribution < -0.4 is 10.0 Å². The fourth-order valence-electron chi connectivity index (χ4n) is 1.96. The van der Waals surface area contributed by atoms with Crippen molar-refractivity contribution in [1.82, 2.24) is 0 Å². The molecule has 0 aliphatic rings. The van der Waals surface area contributed by atoms with Crippen molar-refractivity contribution in [3.05, 3.63) is 65.1 Å². The maximum Gasteiger partial charge on any atom is 0.255 e. The minimum atomic E-state index is -3.69. The number of anilines is 2. The van der Waals surface area contributed by atoms with Gasteiger partial charge in [-0.2, -0.15) is 0 Å². The number of carbonyl (C=O) groups is 1. The van der Waals surface area contributed by atoms with Crippen LogP contribution in [0.1, 0.15) is 18.1 Å². The first-order chi connectivity index (χ1) is 10.9. The van der Waals surface area contributed by atoms with Gasteiger partial charge in [0, 0.05) is 6.92 Å². The Morgan fingerprint density at radius 2 is 1.74 bits per heavy atom. The Labute approximate surface area is 136 Å². The molecule has 2 N–H and O–H groups in total. The SMILES string of the molecule is CC(=O)Nc1ccc(C)cc1NS(=O)(=O)C=Cc1ccccc1. The van der Waals surface area contributed by atoms with Gasteiger partial charge < -0.3 is 5.32 Å². The van der Waals surface area contributed by atoms with Gasteiger partial charge in [-0.3, -0.25) is 9.52 Å². The van der Waals surface area contributed by atoms with Gasteiger partial charge in [0.05, 0.1) is 16.8 Å². The summed E-state index contributed by atoms with van der Waals surface area (Å²) in [5, 5.41) is 3.71. The Morgan fingerprint density at radius 1 is 1.04 bits per heavy atom. The lowest BCUT2D eigenvalue weighted by Gasteiger charge is -2.12. The molecule has 0 aromatic heterocycles. The van der Waals surface area contributed by atoms with Crippen LogP contribution in [-0.4, -0.2) is 14.3 Å². The molecule has 0 saturated heterocycles. The first kappa shape index (κ1) is 16.8. The van der Waals surface area contributed by atoms with E-state index in [4.69, 9.17) is 0 Å². The smallest absolute Gasteiger partial charge is 0.255 e. The average Bonchev–Trinajstić information content (AvgIpc) is 2.48. The van der Waals surface area contributed by atoms with Crippen molar-refractivity contribution < 1.29 is 13.2 Å². The summed E-state index contributed by atoms with van der Waals surface area (Å²) < 4.78 is 26.9. The van der Waals surface area contributed by atoms with E-state index in [2.05, 4.69) is 10.0 Å². The molecule has 0 bridgehead atoms. The summed E-state index contributed by atoms with van der Waals surface area (Å²) in [6.07, 6.45) is 1.51. The number of sulfonamides is 1. The van der Waals surface area contributed by atoms with E-state index in [0.717, 1.165) is 16.5 Å². The van der Waals surface area contributed by atoms with Crippen LogP contribution in [0.15, 0.2) is 53.9 Å². The number of carbonyl (C=O) groups excluding carboxylic acids is 1. The summed E-state index contributed by atoms with van der Waals surface area (Å²) in [4.78, 5) is 11.2. The minimum Gasteiger partial charge on any atom is -0.325 e. The Bertz CT molecular complexity index is 828. The number of amides is 1. The van der Waals surface area contributed by atoms with Crippen molar-refractivity contribution in [2.75, 3.05) is 10.0 Å². The summed E-state index contributed by atoms with van der Waals surface area (Å²) >= 11 is 0. The molecule has 2 aromatic carbocycles. The van der Waals surface area contributed by atoms with Gasteiger partial charge in [0.15, 0.2) is 0 Å². The Balaban J connectivity index is 2.25. The standard InChI is InChI=1S/C17H18N2O3S/c1-13-8-9-16(18-14(2)20)17(12-13)19-23(21,22)11-10-15-6-4-3-5-7-15/h3-12,19H,1-2H3,(H,18,20). The van der Waals surface area contributed by atoms with Crippen LogP contribution in [-0.2, 0) is 14.8 Å². The molecule has 5 nitrogen and oxygen atoms in total. The molecule has 0 spiro atoms. The fourth-order valence-corrected chi connectivity index (χ4v) is 2.84. The van der Waals surface area contributed by atoms with Gasteiger partial charge >= 0.3 is 0 Å². The molecule has 2 rings (SSSR count). The molecule has 0 atom stereocenters. The van der Waals surface area contributed by atoms with E-state index in [9.17, 15) is 13.2 Å². The normalized spacial score (nSPS) is 11.4. The van der Waals surface area contributed by atoms with E-state index in [1.54, 1.807) is 30.3 Å². The summed E-state index contributed by atoms with van der Waals surface area (Å²) in [6.45, 7) is 3.21. The van der Waals surface area contributed by atoms with Gasteiger partial charge in [0.2, 0.25) is 5.91 Å². The van der Waals surface area contributed by atoms with Crippen LogP contribution in [0.25, 0.3) is 6.08 Å². The average molecular weight is 330 g/mol. The monoisotopic (exact) mass is 330 g/mol. The van der Waals surface area contributed by atoms with Crippen molar-refractivity contribution in [2.45, 2.75) is 13.8 Å². The minimum absolute atomic E-state index is 0.269. The number of benzene rings is 2. The molecule has 23 heavy (non-hydrogen) atoms. The molecule has 0 fully saturated rings. The third kappa shape index (κ3) is 5.27. The predicted molar refractivity (Wildman–Crippen MR) is 93.5 cm³/mol. The van der Waals surface area contributed by atoms with Crippen LogP contribution >= 0.6 is 0 Å². The van der Waals surface area contributed by atoms with Gasteiger partial charge in [-0.05, 0) is 36.3 Å². The molecule has 0 unspecified atom stereocenters. The first-order valence-electron chi connectivity index (χ1n) is 7.00. The Kier molecular flexibility index (Phi) is 5.18. The summed E-state index contributed by atoms with van der Waals surface area (Å²) in [5.41, 5.74) is 2.41. The molecule has 2 aromatic rings. The van der Waals surface area contributed by atoms with E-state index in [1.807, 2.05) is 25.1 Å². The lowest BCUT2D eigenvalue weighted by atomic mass is 10.2. The van der Waals surface area contributed by atoms with Crippen LogP contribution in [0.4, 0.5) is 11.4 Å². The number of rotatable bonds is 5. The van der Waals surface area contributed by atoms with E-state index >= 15 is 0 Å². The third-order valence-corrected chi connectivity index (χ3v) is 3.98. The Hall–Kier alpha value is -2.60. The maximum absolute atomic E-state index is 12.2. The van der Waals surface area contributed by atoms with Crippen molar-refractivity contribution >= 4 is 33.4 Å². The molecule has 120 valence electrons. The molecular formula is C17H18N2O3S. The number of aryl methyl sites for hydroxylation is 1. The lowest BCUT2D eigenvalue weighted by molar-refractivity contribution is -0.114. The first-order valence-corrected chi connectivity index (χ1v) is 8.54. The van der Waals surface area contributed by atoms with Crippen LogP contribution in [0.3, 0.4) is 0 Å². The van der Waals surface area contributed by atoms with Gasteiger partial charge in [-0.1, -0.05) is 36.4 Å². The maximum atomic E-state index is 12.2. The lowest BCUT2D eigenvalue weighted by Crippen LogP contribution is -2.13. The highest BCUT2D eigenvalue weighted by atomic mass is 32.2. The highest BCUT2D eigenvalue weighted by Gasteiger charge is 2.11. The largest absolute Gasteiger partial charge is 0.325 e. The molecule has 0 radical (unpaired) electrons. The third-order valence-electron chi connectivity index (χ3n) is 2.98. The van der Waals surface area contributed by atoms with Crippen LogP contribution in [0.5, 0.6) is 0 Å². The van der Waals surface area contributed by atoms with Crippen molar-refractivity contribution in [2.24, 2.45) is 0 Å². The highest BCUT2D eigenvalue weighted by Crippen LogP contribution is 2.24. The van der Waals surface area contributed by atoms with E-state index in [0.29, 0.717) is 11.4 Å². The van der Waals surface area contributed by atoms with Gasteiger partial charge in [0.25, 0.3) is 10.0 Å². The molecule has 0 saturated carbocycles. The van der Waals surface area contributed by atoms with Crippen molar-refractivity contribution in [3.8, 4) is 0 Å². The molecule has 0 aliphatic heterocycles. The van der Waals surface area contributed by atoms with E-state index in [-0.39, 0.29) is 5.91 Å². The molecule has 0 heterocycles. The number of nitrogens with one attached hydrogen (secondary N) is 2. The second-order valence-electron chi connectivity index (χ2n) is 5.09. The second-order valence-corrected chi connectivity index (χ2v) is 6.66. The topological polar surface area (TPSA) is 75.3 Å². The Morgan fingerprint density at radius 3 is 2.39 bits per heavy atom. The predicted octanol–water partition coefficient (Wildman–Crippen LogP) is 3.37. The molecule has 0 aliphatic carbocycles. The summed E-state index contributed by atoms with van der Waals surface area (Å²) in [5.74, 6) is -0.269. The fraction of sp³-hybridized carbons (Fsp3) is 0.118. The van der Waals surface area contributed by atoms with Gasteiger partial charge in [0.1, 0.15) is 0 Å². The van der Waals surface area contributed by atoms with Crippen molar-refractivity contribution in [3.63, 3.8) is 0 Å². The van der Waals surface area contributed by atoms with E-state index < -0.39 is 10.0 Å². The molecule has 6 heteroatoms. The quantitative estimate of drug-likeness (QED) is 0.882. The van der Waals surface area contributed by atoms with E-state index in [1.165, 1.54) is 13.0 Å². The summed E-state index contributed by atoms with van der Waals surface area (Å²) in [7, 11) is -3.69. The van der Waals surface area contributed by atoms with Crippen LogP contribution in [0, 0.1) is 6.92 Å². The number of hydrogen-bond donors (Lipinski definition) is 2. The van der Waals surface area contributed by atoms with Crippen molar-refractivity contribution in [1.29, 1.82) is 0 Å². The van der Waals surface area contributed by atoms with Gasteiger partial charge in [-0.15, -0.1) is 0 Å². The zero-order chi connectivity index (χ0) is 16.9.